The van der Waals surface area contributed by atoms with E-state index < -0.39 is 28.4 Å². The van der Waals surface area contributed by atoms with Crippen LogP contribution in [0.4, 0.5) is 60.5 Å². The van der Waals surface area contributed by atoms with E-state index in [1.54, 1.807) is 48.5 Å². The highest BCUT2D eigenvalue weighted by molar-refractivity contribution is 9.10. The van der Waals surface area contributed by atoms with Crippen molar-refractivity contribution in [2.24, 2.45) is 0 Å². The van der Waals surface area contributed by atoms with Gasteiger partial charge in [0.1, 0.15) is 11.4 Å². The highest BCUT2D eigenvalue weighted by Crippen LogP contribution is 2.35. The first-order chi connectivity index (χ1) is 27.0. The monoisotopic (exact) mass is 888 g/mol. The van der Waals surface area contributed by atoms with Gasteiger partial charge >= 0.3 is 12.4 Å². The smallest absolute Gasteiger partial charge is 0.418 e. The van der Waals surface area contributed by atoms with Gasteiger partial charge in [-0.1, -0.05) is 11.6 Å². The number of nitriles is 4. The second-order valence-electron chi connectivity index (χ2n) is 10.7. The standard InChI is InChI=1S/C8H5F3N2.C8H8N2O.C7H5BrN2.C7H5ClF3N.C7H5N3O2/c9-8(10,11)6-3-5(4-12)1-2-7(6)13;1-11-8-4-6(5-9)2-3-7(8)10;8-6-3-5(4-9)1-2-7(6)10;8-4-1-2-6(12)5(3-4)7(9,10)11;8-4-5-1-2-6(9)7(3-5)10(11)12/h1-3H,13H2;2-4H,10H2,1H3;1-3H,10H2;1-3H,12H2;1-3H,9H2. The van der Waals surface area contributed by atoms with E-state index in [1.165, 1.54) is 31.4 Å². The van der Waals surface area contributed by atoms with Crippen LogP contribution in [0.25, 0.3) is 0 Å². The molecule has 300 valence electrons. The van der Waals surface area contributed by atoms with Crippen LogP contribution in [0.5, 0.6) is 5.75 Å². The van der Waals surface area contributed by atoms with Crippen molar-refractivity contribution in [3.05, 3.63) is 144 Å². The number of nitrogens with two attached hydrogens (primary N) is 5. The third-order valence-electron chi connectivity index (χ3n) is 6.66. The Kier molecular flexibility index (Phi) is 18.6. The molecule has 5 aromatic carbocycles. The lowest BCUT2D eigenvalue weighted by atomic mass is 10.1. The molecule has 21 heteroatoms. The second-order valence-corrected chi connectivity index (χ2v) is 12.0. The molecular formula is C37H28BrClF6N10O3. The molecule has 5 aromatic rings. The van der Waals surface area contributed by atoms with Crippen molar-refractivity contribution in [3.63, 3.8) is 0 Å². The number of nitrogens with zero attached hydrogens (tertiary/aromatic N) is 5. The Labute approximate surface area is 339 Å². The molecule has 0 amide bonds. The molecule has 0 radical (unpaired) electrons. The highest BCUT2D eigenvalue weighted by Gasteiger charge is 2.33. The molecule has 0 saturated heterocycles. The Bertz CT molecular complexity index is 2400. The average molecular weight is 890 g/mol. The molecule has 0 heterocycles. The SMILES string of the molecule is COc1cc(C#N)ccc1N.N#Cc1ccc(N)c(Br)c1.N#Cc1ccc(N)c(C(F)(F)F)c1.N#Cc1ccc(N)c([N+](=O)[O-])c1.Nc1ccc(Cl)cc1C(F)(F)F. The van der Waals surface area contributed by atoms with Gasteiger partial charge in [-0.15, -0.1) is 0 Å². The Morgan fingerprint density at radius 1 is 0.603 bits per heavy atom. The Balaban J connectivity index is 0.000000363. The van der Waals surface area contributed by atoms with Crippen molar-refractivity contribution in [2.75, 3.05) is 35.8 Å². The lowest BCUT2D eigenvalue weighted by Crippen LogP contribution is -2.08. The quantitative estimate of drug-likeness (QED) is 0.0480. The van der Waals surface area contributed by atoms with Crippen LogP contribution in [0.15, 0.2) is 95.5 Å². The van der Waals surface area contributed by atoms with Crippen molar-refractivity contribution in [1.29, 1.82) is 21.0 Å². The molecule has 10 N–H and O–H groups in total. The average Bonchev–Trinajstić information content (AvgIpc) is 3.17. The van der Waals surface area contributed by atoms with Crippen LogP contribution in [-0.4, -0.2) is 12.0 Å². The first-order valence-electron chi connectivity index (χ1n) is 15.2. The van der Waals surface area contributed by atoms with Gasteiger partial charge in [0.15, 0.2) is 0 Å². The van der Waals surface area contributed by atoms with Gasteiger partial charge in [0.2, 0.25) is 0 Å². The molecule has 0 aliphatic carbocycles. The lowest BCUT2D eigenvalue weighted by Gasteiger charge is -2.09. The summed E-state index contributed by atoms with van der Waals surface area (Å²) in [6.07, 6.45) is -8.94. The number of nitro groups is 1. The minimum absolute atomic E-state index is 0.0246. The molecule has 0 bridgehead atoms. The lowest BCUT2D eigenvalue weighted by molar-refractivity contribution is -0.383. The largest absolute Gasteiger partial charge is 0.495 e. The van der Waals surface area contributed by atoms with Gasteiger partial charge in [-0.05, 0) is 94.8 Å². The van der Waals surface area contributed by atoms with Crippen LogP contribution in [0.3, 0.4) is 0 Å². The van der Waals surface area contributed by atoms with Crippen molar-refractivity contribution in [3.8, 4) is 30.0 Å². The maximum Gasteiger partial charge on any atom is 0.418 e. The third-order valence-corrected chi connectivity index (χ3v) is 7.58. The molecule has 0 spiro atoms. The molecular weight excluding hydrogens is 862 g/mol. The van der Waals surface area contributed by atoms with E-state index in [4.69, 9.17) is 66.1 Å². The van der Waals surface area contributed by atoms with E-state index in [9.17, 15) is 36.5 Å². The van der Waals surface area contributed by atoms with E-state index in [0.29, 0.717) is 28.3 Å². The molecule has 0 aliphatic rings. The van der Waals surface area contributed by atoms with Gasteiger partial charge < -0.3 is 33.4 Å². The third kappa shape index (κ3) is 15.8. The maximum absolute atomic E-state index is 12.2. The Hall–Kier alpha value is -7.39. The van der Waals surface area contributed by atoms with Crippen molar-refractivity contribution in [2.45, 2.75) is 12.4 Å². The fourth-order valence-corrected chi connectivity index (χ4v) is 4.34. The highest BCUT2D eigenvalue weighted by atomic mass is 79.9. The number of benzene rings is 5. The summed E-state index contributed by atoms with van der Waals surface area (Å²) in [6.45, 7) is 0. The second kappa shape index (κ2) is 22.2. The topological polar surface area (TPSA) is 278 Å². The molecule has 0 atom stereocenters. The van der Waals surface area contributed by atoms with Gasteiger partial charge in [-0.2, -0.15) is 47.4 Å². The van der Waals surface area contributed by atoms with Crippen LogP contribution in [0.1, 0.15) is 33.4 Å². The van der Waals surface area contributed by atoms with Crippen LogP contribution in [0, 0.1) is 55.4 Å². The fourth-order valence-electron chi connectivity index (χ4n) is 3.79. The van der Waals surface area contributed by atoms with Crippen LogP contribution in [-0.2, 0) is 12.4 Å². The van der Waals surface area contributed by atoms with E-state index in [1.807, 2.05) is 12.1 Å². The van der Waals surface area contributed by atoms with E-state index in [-0.39, 0.29) is 38.9 Å². The summed E-state index contributed by atoms with van der Waals surface area (Å²) in [5.74, 6) is 0.545. The van der Waals surface area contributed by atoms with Gasteiger partial charge in [-0.3, -0.25) is 10.1 Å². The Morgan fingerprint density at radius 2 is 0.983 bits per heavy atom. The molecule has 0 aromatic heterocycles. The van der Waals surface area contributed by atoms with Crippen molar-refractivity contribution in [1.82, 2.24) is 0 Å². The summed E-state index contributed by atoms with van der Waals surface area (Å²) in [5, 5.41) is 44.1. The fraction of sp³-hybridized carbons (Fsp3) is 0.0811. The number of hydrogen-bond acceptors (Lipinski definition) is 12. The Morgan fingerprint density at radius 3 is 1.40 bits per heavy atom. The predicted octanol–water partition coefficient (Wildman–Crippen LogP) is 9.20. The maximum atomic E-state index is 12.2. The summed E-state index contributed by atoms with van der Waals surface area (Å²) in [4.78, 5) is 9.69. The molecule has 13 nitrogen and oxygen atoms in total. The van der Waals surface area contributed by atoms with Crippen LogP contribution >= 0.6 is 27.5 Å². The van der Waals surface area contributed by atoms with Gasteiger partial charge in [-0.25, -0.2) is 0 Å². The zero-order chi connectivity index (χ0) is 44.4. The van der Waals surface area contributed by atoms with Crippen LogP contribution < -0.4 is 33.4 Å². The normalized spacial score (nSPS) is 9.88. The number of nitro benzene ring substituents is 1. The number of hydrogen-bond donors (Lipinski definition) is 5. The van der Waals surface area contributed by atoms with E-state index >= 15 is 0 Å². The first-order valence-corrected chi connectivity index (χ1v) is 16.4. The minimum atomic E-state index is -4.50. The summed E-state index contributed by atoms with van der Waals surface area (Å²) < 4.78 is 78.5. The number of methoxy groups -OCH3 is 1. The first kappa shape index (κ1) is 48.6. The molecule has 0 aliphatic heterocycles. The van der Waals surface area contributed by atoms with Gasteiger partial charge in [0.05, 0.1) is 75.4 Å². The number of ether oxygens (including phenoxy) is 1. The zero-order valence-electron chi connectivity index (χ0n) is 29.5. The number of alkyl halides is 6. The predicted molar refractivity (Wildman–Crippen MR) is 209 cm³/mol. The molecule has 0 fully saturated rings. The summed E-state index contributed by atoms with van der Waals surface area (Å²) >= 11 is 8.58. The molecule has 5 rings (SSSR count). The summed E-state index contributed by atoms with van der Waals surface area (Å²) in [5.41, 5.74) is 26.3. The van der Waals surface area contributed by atoms with E-state index in [0.717, 1.165) is 34.8 Å². The number of nitrogen functional groups attached to an aromatic ring is 5. The van der Waals surface area contributed by atoms with Crippen molar-refractivity contribution >= 4 is 61.7 Å². The summed E-state index contributed by atoms with van der Waals surface area (Å²) in [7, 11) is 1.52. The van der Waals surface area contributed by atoms with E-state index in [2.05, 4.69) is 15.9 Å². The minimum Gasteiger partial charge on any atom is -0.495 e. The zero-order valence-corrected chi connectivity index (χ0v) is 31.9. The van der Waals surface area contributed by atoms with Gasteiger partial charge in [0.25, 0.3) is 5.69 Å². The summed E-state index contributed by atoms with van der Waals surface area (Å²) in [6, 6.07) is 27.6. The molecule has 0 unspecified atom stereocenters. The number of rotatable bonds is 2. The van der Waals surface area contributed by atoms with Crippen LogP contribution in [0.2, 0.25) is 5.02 Å². The molecule has 58 heavy (non-hydrogen) atoms. The number of anilines is 5. The van der Waals surface area contributed by atoms with Gasteiger partial charge in [0, 0.05) is 38.7 Å². The molecule has 0 saturated carbocycles. The number of halogens is 8. The van der Waals surface area contributed by atoms with Crippen molar-refractivity contribution < 1.29 is 36.0 Å².